The van der Waals surface area contributed by atoms with Crippen LogP contribution in [0.15, 0.2) is 41.0 Å². The number of nitrogen functional groups attached to an aromatic ring is 1. The average molecular weight is 431 g/mol. The number of halogens is 1. The van der Waals surface area contributed by atoms with Crippen LogP contribution in [-0.2, 0) is 11.3 Å². The van der Waals surface area contributed by atoms with Gasteiger partial charge in [-0.05, 0) is 45.0 Å². The number of rotatable bonds is 7. The van der Waals surface area contributed by atoms with Gasteiger partial charge < -0.3 is 24.2 Å². The van der Waals surface area contributed by atoms with Crippen LogP contribution >= 0.6 is 11.6 Å². The van der Waals surface area contributed by atoms with Gasteiger partial charge >= 0.3 is 5.97 Å². The zero-order chi connectivity index (χ0) is 22.0. The number of nitrogens with two attached hydrogens (primary N) is 1. The molecular weight excluding hydrogens is 408 g/mol. The maximum Gasteiger partial charge on any atom is 0.342 e. The second kappa shape index (κ2) is 8.67. The van der Waals surface area contributed by atoms with Crippen molar-refractivity contribution in [3.8, 4) is 5.75 Å². The molecule has 0 bridgehead atoms. The molecule has 1 aromatic carbocycles. The van der Waals surface area contributed by atoms with Gasteiger partial charge in [-0.25, -0.2) is 4.79 Å². The Labute approximate surface area is 179 Å². The average Bonchev–Trinajstić information content (AvgIpc) is 3.32. The number of hydrogen-bond donors (Lipinski definition) is 1. The van der Waals surface area contributed by atoms with E-state index in [0.717, 1.165) is 17.1 Å². The highest BCUT2D eigenvalue weighted by Crippen LogP contribution is 2.30. The van der Waals surface area contributed by atoms with Crippen LogP contribution in [0.3, 0.4) is 0 Å². The predicted molar refractivity (Wildman–Crippen MR) is 113 cm³/mol. The summed E-state index contributed by atoms with van der Waals surface area (Å²) in [6.07, 6.45) is 0.602. The Bertz CT molecular complexity index is 1090. The number of aromatic nitrogens is 1. The molecule has 0 saturated carbocycles. The van der Waals surface area contributed by atoms with E-state index >= 15 is 0 Å². The van der Waals surface area contributed by atoms with Crippen LogP contribution in [0.1, 0.15) is 44.8 Å². The van der Waals surface area contributed by atoms with Gasteiger partial charge in [-0.1, -0.05) is 11.6 Å². The second-order valence-electron chi connectivity index (χ2n) is 6.94. The van der Waals surface area contributed by atoms with Crippen molar-refractivity contribution in [1.82, 2.24) is 4.57 Å². The minimum absolute atomic E-state index is 0.0969. The van der Waals surface area contributed by atoms with Crippen molar-refractivity contribution in [3.63, 3.8) is 0 Å². The van der Waals surface area contributed by atoms with E-state index in [1.165, 1.54) is 26.2 Å². The van der Waals surface area contributed by atoms with Gasteiger partial charge in [0.2, 0.25) is 5.78 Å². The maximum atomic E-state index is 13.0. The normalized spacial score (nSPS) is 11.9. The van der Waals surface area contributed by atoms with Crippen LogP contribution in [0.2, 0.25) is 5.02 Å². The molecule has 3 rings (SSSR count). The molecule has 158 valence electrons. The van der Waals surface area contributed by atoms with E-state index in [2.05, 4.69) is 0 Å². The molecule has 0 fully saturated rings. The van der Waals surface area contributed by atoms with Crippen molar-refractivity contribution < 1.29 is 23.5 Å². The van der Waals surface area contributed by atoms with Crippen LogP contribution in [0.5, 0.6) is 5.75 Å². The van der Waals surface area contributed by atoms with Gasteiger partial charge in [0.1, 0.15) is 17.1 Å². The molecule has 3 aromatic rings. The molecular formula is C22H23ClN2O5. The predicted octanol–water partition coefficient (Wildman–Crippen LogP) is 4.42. The highest BCUT2D eigenvalue weighted by molar-refractivity contribution is 6.33. The first-order valence-corrected chi connectivity index (χ1v) is 9.68. The number of carbonyl (C=O) groups is 2. The van der Waals surface area contributed by atoms with Crippen LogP contribution in [-0.4, -0.2) is 29.5 Å². The Morgan fingerprint density at radius 2 is 1.97 bits per heavy atom. The number of ether oxygens (including phenoxy) is 2. The standard InChI is InChI=1S/C22H23ClN2O5/c1-12-8-16(13(2)25(12)11-15-6-5-7-29-15)21(26)14(3)30-22(27)17-9-18(23)19(24)10-20(17)28-4/h5-10,14H,11,24H2,1-4H3/t14-/m1/s1. The van der Waals surface area contributed by atoms with E-state index in [9.17, 15) is 9.59 Å². The lowest BCUT2D eigenvalue weighted by molar-refractivity contribution is 0.0315. The zero-order valence-electron chi connectivity index (χ0n) is 17.2. The quantitative estimate of drug-likeness (QED) is 0.338. The highest BCUT2D eigenvalue weighted by atomic mass is 35.5. The summed E-state index contributed by atoms with van der Waals surface area (Å²) in [5, 5.41) is 0.197. The summed E-state index contributed by atoms with van der Waals surface area (Å²) in [4.78, 5) is 25.6. The number of anilines is 1. The summed E-state index contributed by atoms with van der Waals surface area (Å²) in [6, 6.07) is 8.27. The van der Waals surface area contributed by atoms with Gasteiger partial charge in [0.15, 0.2) is 6.10 Å². The molecule has 2 aromatic heterocycles. The van der Waals surface area contributed by atoms with Crippen LogP contribution in [0, 0.1) is 13.8 Å². The largest absolute Gasteiger partial charge is 0.496 e. The third kappa shape index (κ3) is 4.21. The minimum atomic E-state index is -1.00. The molecule has 0 unspecified atom stereocenters. The number of carbonyl (C=O) groups excluding carboxylic acids is 2. The third-order valence-electron chi connectivity index (χ3n) is 4.92. The molecule has 0 spiro atoms. The van der Waals surface area contributed by atoms with Gasteiger partial charge in [-0.3, -0.25) is 4.79 Å². The topological polar surface area (TPSA) is 96.7 Å². The number of aryl methyl sites for hydroxylation is 1. The number of benzene rings is 1. The highest BCUT2D eigenvalue weighted by Gasteiger charge is 2.26. The molecule has 0 aliphatic rings. The number of methoxy groups -OCH3 is 1. The summed E-state index contributed by atoms with van der Waals surface area (Å²) in [7, 11) is 1.40. The van der Waals surface area contributed by atoms with Crippen LogP contribution < -0.4 is 10.5 Å². The van der Waals surface area contributed by atoms with E-state index in [0.29, 0.717) is 12.1 Å². The van der Waals surface area contributed by atoms with Gasteiger partial charge in [-0.15, -0.1) is 0 Å². The fourth-order valence-electron chi connectivity index (χ4n) is 3.25. The van der Waals surface area contributed by atoms with Crippen LogP contribution in [0.4, 0.5) is 5.69 Å². The molecule has 0 aliphatic carbocycles. The Hall–Kier alpha value is -3.19. The van der Waals surface area contributed by atoms with Crippen LogP contribution in [0.25, 0.3) is 0 Å². The lowest BCUT2D eigenvalue weighted by Gasteiger charge is -2.15. The van der Waals surface area contributed by atoms with Crippen molar-refractivity contribution in [2.75, 3.05) is 12.8 Å². The summed E-state index contributed by atoms with van der Waals surface area (Å²) >= 11 is 6.02. The van der Waals surface area contributed by atoms with Crippen molar-refractivity contribution in [2.45, 2.75) is 33.4 Å². The fourth-order valence-corrected chi connectivity index (χ4v) is 3.41. The van der Waals surface area contributed by atoms with Crippen molar-refractivity contribution in [2.24, 2.45) is 0 Å². The van der Waals surface area contributed by atoms with E-state index in [-0.39, 0.29) is 27.8 Å². The minimum Gasteiger partial charge on any atom is -0.496 e. The van der Waals surface area contributed by atoms with Gasteiger partial charge in [0.25, 0.3) is 0 Å². The number of esters is 1. The molecule has 2 heterocycles. The molecule has 0 aliphatic heterocycles. The van der Waals surface area contributed by atoms with Gasteiger partial charge in [0.05, 0.1) is 30.6 Å². The molecule has 2 N–H and O–H groups in total. The first-order valence-electron chi connectivity index (χ1n) is 9.30. The molecule has 7 nitrogen and oxygen atoms in total. The Kier molecular flexibility index (Phi) is 6.22. The summed E-state index contributed by atoms with van der Waals surface area (Å²) in [5.41, 5.74) is 8.27. The monoisotopic (exact) mass is 430 g/mol. The Balaban J connectivity index is 1.80. The molecule has 30 heavy (non-hydrogen) atoms. The molecule has 0 saturated heterocycles. The van der Waals surface area contributed by atoms with Gasteiger partial charge in [-0.2, -0.15) is 0 Å². The maximum absolute atomic E-state index is 13.0. The van der Waals surface area contributed by atoms with E-state index in [1.54, 1.807) is 12.3 Å². The zero-order valence-corrected chi connectivity index (χ0v) is 17.9. The van der Waals surface area contributed by atoms with E-state index in [1.807, 2.05) is 30.5 Å². The summed E-state index contributed by atoms with van der Waals surface area (Å²) in [5.74, 6) is -0.0255. The van der Waals surface area contributed by atoms with Gasteiger partial charge in [0, 0.05) is 23.0 Å². The fraction of sp³-hybridized carbons (Fsp3) is 0.273. The second-order valence-corrected chi connectivity index (χ2v) is 7.34. The first-order chi connectivity index (χ1) is 14.2. The SMILES string of the molecule is COc1cc(N)c(Cl)cc1C(=O)O[C@H](C)C(=O)c1cc(C)n(Cc2ccco2)c1C. The molecule has 8 heteroatoms. The first kappa shape index (κ1) is 21.5. The number of furan rings is 1. The molecule has 1 atom stereocenters. The smallest absolute Gasteiger partial charge is 0.342 e. The van der Waals surface area contributed by atoms with Crippen molar-refractivity contribution in [3.05, 3.63) is 69.9 Å². The number of nitrogens with zero attached hydrogens (tertiary/aromatic N) is 1. The lowest BCUT2D eigenvalue weighted by Crippen LogP contribution is -2.25. The molecule has 0 radical (unpaired) electrons. The van der Waals surface area contributed by atoms with E-state index in [4.69, 9.17) is 31.2 Å². The Morgan fingerprint density at radius 1 is 1.23 bits per heavy atom. The summed E-state index contributed by atoms with van der Waals surface area (Å²) < 4.78 is 18.0. The van der Waals surface area contributed by atoms with Crippen molar-refractivity contribution >= 4 is 29.0 Å². The number of ketones is 1. The Morgan fingerprint density at radius 3 is 2.60 bits per heavy atom. The summed E-state index contributed by atoms with van der Waals surface area (Å²) in [6.45, 7) is 5.79. The lowest BCUT2D eigenvalue weighted by atomic mass is 10.1. The number of Topliss-reactive ketones (excluding diaryl/α,β-unsaturated/α-hetero) is 1. The van der Waals surface area contributed by atoms with Crippen molar-refractivity contribution in [1.29, 1.82) is 0 Å². The molecule has 0 amide bonds. The number of hydrogen-bond acceptors (Lipinski definition) is 6. The third-order valence-corrected chi connectivity index (χ3v) is 5.25. The van der Waals surface area contributed by atoms with E-state index < -0.39 is 12.1 Å².